The molecule has 2 rings (SSSR count). The van der Waals surface area contributed by atoms with Crippen molar-refractivity contribution in [2.45, 2.75) is 13.3 Å². The Morgan fingerprint density at radius 2 is 2.25 bits per heavy atom. The number of pyridine rings is 1. The van der Waals surface area contributed by atoms with E-state index in [4.69, 9.17) is 0 Å². The maximum absolute atomic E-state index is 11.1. The lowest BCUT2D eigenvalue weighted by atomic mass is 10.2. The van der Waals surface area contributed by atoms with Crippen molar-refractivity contribution in [3.63, 3.8) is 0 Å². The lowest BCUT2D eigenvalue weighted by Gasteiger charge is -2.21. The molecule has 86 valence electrons. The van der Waals surface area contributed by atoms with Crippen LogP contribution >= 0.6 is 11.8 Å². The van der Waals surface area contributed by atoms with Gasteiger partial charge in [0.25, 0.3) is 0 Å². The maximum Gasteiger partial charge on any atom is 0.178 e. The lowest BCUT2D eigenvalue weighted by molar-refractivity contribution is 0.101. The quantitative estimate of drug-likeness (QED) is 0.737. The van der Waals surface area contributed by atoms with Gasteiger partial charge < -0.3 is 4.90 Å². The standard InChI is InChI=1S/C12H16N2OS/c1-10(15)12-4-3-11(9-13-12)14-5-2-7-16-8-6-14/h3-4,9H,2,5-8H2,1H3. The fraction of sp³-hybridized carbons (Fsp3) is 0.500. The Kier molecular flexibility index (Phi) is 3.83. The Morgan fingerprint density at radius 3 is 2.94 bits per heavy atom. The second kappa shape index (κ2) is 5.34. The van der Waals surface area contributed by atoms with E-state index in [1.165, 1.54) is 17.9 Å². The molecule has 1 saturated heterocycles. The van der Waals surface area contributed by atoms with Gasteiger partial charge in [-0.1, -0.05) is 0 Å². The minimum Gasteiger partial charge on any atom is -0.369 e. The van der Waals surface area contributed by atoms with E-state index in [1.54, 1.807) is 6.92 Å². The van der Waals surface area contributed by atoms with Crippen molar-refractivity contribution < 1.29 is 4.79 Å². The predicted molar refractivity (Wildman–Crippen MR) is 68.4 cm³/mol. The number of hydrogen-bond donors (Lipinski definition) is 0. The molecule has 1 fully saturated rings. The molecule has 0 spiro atoms. The average Bonchev–Trinajstić information content (AvgIpc) is 2.57. The van der Waals surface area contributed by atoms with Crippen LogP contribution in [0.4, 0.5) is 5.69 Å². The van der Waals surface area contributed by atoms with Crippen molar-refractivity contribution in [1.82, 2.24) is 4.98 Å². The third kappa shape index (κ3) is 2.76. The molecule has 0 atom stereocenters. The normalized spacial score (nSPS) is 16.9. The van der Waals surface area contributed by atoms with Crippen LogP contribution in [-0.2, 0) is 0 Å². The second-order valence-electron chi connectivity index (χ2n) is 3.91. The number of carbonyl (C=O) groups is 1. The highest BCUT2D eigenvalue weighted by molar-refractivity contribution is 7.99. The summed E-state index contributed by atoms with van der Waals surface area (Å²) in [6.07, 6.45) is 3.03. The van der Waals surface area contributed by atoms with Crippen molar-refractivity contribution in [2.24, 2.45) is 0 Å². The van der Waals surface area contributed by atoms with Gasteiger partial charge in [-0.2, -0.15) is 11.8 Å². The highest BCUT2D eigenvalue weighted by Crippen LogP contribution is 2.18. The number of anilines is 1. The van der Waals surface area contributed by atoms with Crippen molar-refractivity contribution in [2.75, 3.05) is 29.5 Å². The summed E-state index contributed by atoms with van der Waals surface area (Å²) in [5.74, 6) is 2.45. The topological polar surface area (TPSA) is 33.2 Å². The van der Waals surface area contributed by atoms with Crippen molar-refractivity contribution >= 4 is 23.2 Å². The summed E-state index contributed by atoms with van der Waals surface area (Å²) in [6.45, 7) is 3.71. The first-order valence-corrected chi connectivity index (χ1v) is 6.72. The largest absolute Gasteiger partial charge is 0.369 e. The van der Waals surface area contributed by atoms with Crippen molar-refractivity contribution in [3.05, 3.63) is 24.0 Å². The number of hydrogen-bond acceptors (Lipinski definition) is 4. The third-order valence-corrected chi connectivity index (χ3v) is 3.74. The zero-order chi connectivity index (χ0) is 11.4. The molecule has 16 heavy (non-hydrogen) atoms. The summed E-state index contributed by atoms with van der Waals surface area (Å²) in [6, 6.07) is 3.81. The van der Waals surface area contributed by atoms with Gasteiger partial charge in [-0.15, -0.1) is 0 Å². The maximum atomic E-state index is 11.1. The molecule has 1 aromatic rings. The van der Waals surface area contributed by atoms with Gasteiger partial charge in [0.15, 0.2) is 5.78 Å². The molecule has 0 aromatic carbocycles. The van der Waals surface area contributed by atoms with E-state index in [9.17, 15) is 4.79 Å². The summed E-state index contributed by atoms with van der Waals surface area (Å²) in [7, 11) is 0. The van der Waals surface area contributed by atoms with Crippen LogP contribution in [0, 0.1) is 0 Å². The Balaban J connectivity index is 2.10. The van der Waals surface area contributed by atoms with E-state index < -0.39 is 0 Å². The molecule has 3 nitrogen and oxygen atoms in total. The van der Waals surface area contributed by atoms with Gasteiger partial charge >= 0.3 is 0 Å². The van der Waals surface area contributed by atoms with Gasteiger partial charge in [-0.3, -0.25) is 9.78 Å². The number of aromatic nitrogens is 1. The van der Waals surface area contributed by atoms with Gasteiger partial charge in [0, 0.05) is 25.8 Å². The second-order valence-corrected chi connectivity index (χ2v) is 5.14. The van der Waals surface area contributed by atoms with Crippen molar-refractivity contribution in [3.8, 4) is 0 Å². The fourth-order valence-electron chi connectivity index (χ4n) is 1.79. The van der Waals surface area contributed by atoms with Crippen molar-refractivity contribution in [1.29, 1.82) is 0 Å². The highest BCUT2D eigenvalue weighted by atomic mass is 32.2. The number of ketones is 1. The Labute approximate surface area is 100 Å². The van der Waals surface area contributed by atoms with E-state index in [0.29, 0.717) is 5.69 Å². The van der Waals surface area contributed by atoms with Crippen LogP contribution in [0.2, 0.25) is 0 Å². The number of nitrogens with zero attached hydrogens (tertiary/aromatic N) is 2. The van der Waals surface area contributed by atoms with E-state index in [-0.39, 0.29) is 5.78 Å². The van der Waals surface area contributed by atoms with Crippen LogP contribution in [0.5, 0.6) is 0 Å². The molecule has 0 bridgehead atoms. The van der Waals surface area contributed by atoms with Gasteiger partial charge in [0.2, 0.25) is 0 Å². The molecular formula is C12H16N2OS. The van der Waals surface area contributed by atoms with E-state index in [0.717, 1.165) is 18.8 Å². The minimum atomic E-state index is 0.0259. The van der Waals surface area contributed by atoms with Gasteiger partial charge in [-0.05, 0) is 24.3 Å². The highest BCUT2D eigenvalue weighted by Gasteiger charge is 2.10. The molecule has 0 N–H and O–H groups in total. The van der Waals surface area contributed by atoms with Gasteiger partial charge in [0.1, 0.15) is 5.69 Å². The molecule has 1 aromatic heterocycles. The van der Waals surface area contributed by atoms with E-state index in [1.807, 2.05) is 30.1 Å². The zero-order valence-electron chi connectivity index (χ0n) is 9.48. The SMILES string of the molecule is CC(=O)c1ccc(N2CCCSCC2)cn1. The molecule has 2 heterocycles. The molecule has 0 amide bonds. The smallest absolute Gasteiger partial charge is 0.178 e. The lowest BCUT2D eigenvalue weighted by Crippen LogP contribution is -2.25. The number of thioether (sulfide) groups is 1. The number of carbonyl (C=O) groups excluding carboxylic acids is 1. The number of rotatable bonds is 2. The first kappa shape index (κ1) is 11.5. The number of Topliss-reactive ketones (excluding diaryl/α,β-unsaturated/α-hetero) is 1. The van der Waals surface area contributed by atoms with Crippen LogP contribution in [0.15, 0.2) is 18.3 Å². The summed E-state index contributed by atoms with van der Waals surface area (Å²) < 4.78 is 0. The average molecular weight is 236 g/mol. The molecule has 1 aliphatic heterocycles. The van der Waals surface area contributed by atoms with Gasteiger partial charge in [0.05, 0.1) is 11.9 Å². The Bertz CT molecular complexity index is 356. The summed E-state index contributed by atoms with van der Waals surface area (Å²) >= 11 is 2.01. The first-order valence-electron chi connectivity index (χ1n) is 5.57. The van der Waals surface area contributed by atoms with Crippen LogP contribution in [0.3, 0.4) is 0 Å². The van der Waals surface area contributed by atoms with Crippen LogP contribution in [-0.4, -0.2) is 35.4 Å². The molecular weight excluding hydrogens is 220 g/mol. The monoisotopic (exact) mass is 236 g/mol. The van der Waals surface area contributed by atoms with E-state index in [2.05, 4.69) is 9.88 Å². The summed E-state index contributed by atoms with van der Waals surface area (Å²) in [5.41, 5.74) is 1.68. The third-order valence-electron chi connectivity index (χ3n) is 2.70. The molecule has 0 unspecified atom stereocenters. The summed E-state index contributed by atoms with van der Waals surface area (Å²) in [5, 5.41) is 0. The molecule has 1 aliphatic rings. The molecule has 0 aliphatic carbocycles. The predicted octanol–water partition coefficient (Wildman–Crippen LogP) is 2.23. The minimum absolute atomic E-state index is 0.0259. The molecule has 0 radical (unpaired) electrons. The fourth-order valence-corrected chi connectivity index (χ4v) is 2.67. The molecule has 0 saturated carbocycles. The zero-order valence-corrected chi connectivity index (χ0v) is 10.3. The van der Waals surface area contributed by atoms with E-state index >= 15 is 0 Å². The van der Waals surface area contributed by atoms with Crippen LogP contribution in [0.25, 0.3) is 0 Å². The molecule has 4 heteroatoms. The van der Waals surface area contributed by atoms with Gasteiger partial charge in [-0.25, -0.2) is 0 Å². The van der Waals surface area contributed by atoms with Crippen LogP contribution < -0.4 is 4.90 Å². The summed E-state index contributed by atoms with van der Waals surface area (Å²) in [4.78, 5) is 17.6. The Hall–Kier alpha value is -1.03. The Morgan fingerprint density at radius 1 is 1.38 bits per heavy atom. The van der Waals surface area contributed by atoms with Crippen LogP contribution in [0.1, 0.15) is 23.8 Å². The first-order chi connectivity index (χ1) is 7.77.